The zero-order valence-corrected chi connectivity index (χ0v) is 25.9. The number of benzene rings is 3. The minimum Gasteiger partial charge on any atom is -0.352 e. The molecule has 2 saturated heterocycles. The van der Waals surface area contributed by atoms with Crippen LogP contribution in [0.4, 0.5) is 0 Å². The number of carbonyl (C=O) groups is 4. The zero-order chi connectivity index (χ0) is 31.8. The van der Waals surface area contributed by atoms with E-state index in [1.807, 2.05) is 73.7 Å². The fourth-order valence-corrected chi connectivity index (χ4v) is 6.67. The van der Waals surface area contributed by atoms with Crippen LogP contribution in [0.15, 0.2) is 91.0 Å². The lowest BCUT2D eigenvalue weighted by molar-refractivity contribution is -0.143. The Bertz CT molecular complexity index is 1410. The van der Waals surface area contributed by atoms with Gasteiger partial charge in [-0.1, -0.05) is 85.8 Å². The molecule has 0 aromatic heterocycles. The van der Waals surface area contributed by atoms with E-state index in [-0.39, 0.29) is 48.2 Å². The third-order valence-electron chi connectivity index (χ3n) is 9.15. The topological polar surface area (TPSA) is 120 Å². The van der Waals surface area contributed by atoms with E-state index in [0.29, 0.717) is 37.7 Å². The van der Waals surface area contributed by atoms with Gasteiger partial charge in [-0.05, 0) is 62.4 Å². The second-order valence-electron chi connectivity index (χ2n) is 11.9. The molecular weight excluding hydrogens is 566 g/mol. The van der Waals surface area contributed by atoms with Gasteiger partial charge < -0.3 is 26.2 Å². The first-order chi connectivity index (χ1) is 21.9. The first kappa shape index (κ1) is 31.9. The van der Waals surface area contributed by atoms with Crippen LogP contribution in [0.1, 0.15) is 66.6 Å². The number of nitrogens with one attached hydrogen (secondary N) is 4. The number of fused-ring (bicyclic) bond motifs is 1. The highest BCUT2D eigenvalue weighted by molar-refractivity contribution is 5.95. The third kappa shape index (κ3) is 7.42. The number of carbonyl (C=O) groups excluding carboxylic acids is 4. The number of hydrogen-bond acceptors (Lipinski definition) is 5. The number of rotatable bonds is 11. The first-order valence-electron chi connectivity index (χ1n) is 15.9. The van der Waals surface area contributed by atoms with Crippen LogP contribution >= 0.6 is 0 Å². The summed E-state index contributed by atoms with van der Waals surface area (Å²) in [5.74, 6) is -1.33. The fraction of sp³-hybridized carbons (Fsp3) is 0.389. The molecule has 236 valence electrons. The van der Waals surface area contributed by atoms with Crippen LogP contribution in [0.3, 0.4) is 0 Å². The average Bonchev–Trinajstić information content (AvgIpc) is 3.46. The molecule has 0 bridgehead atoms. The number of likely N-dealkylation sites (N-methyl/N-ethyl adjacent to an activating group) is 1. The number of nitrogens with zero attached hydrogens (tertiary/aromatic N) is 1. The molecule has 2 aliphatic rings. The summed E-state index contributed by atoms with van der Waals surface area (Å²) in [4.78, 5) is 56.4. The fourth-order valence-electron chi connectivity index (χ4n) is 6.67. The molecule has 2 heterocycles. The van der Waals surface area contributed by atoms with Crippen LogP contribution in [0, 0.1) is 5.92 Å². The van der Waals surface area contributed by atoms with Crippen molar-refractivity contribution in [1.29, 1.82) is 0 Å². The molecule has 3 aromatic carbocycles. The summed E-state index contributed by atoms with van der Waals surface area (Å²) in [6, 6.07) is 26.0. The van der Waals surface area contributed by atoms with Crippen molar-refractivity contribution in [3.8, 4) is 0 Å². The van der Waals surface area contributed by atoms with Gasteiger partial charge >= 0.3 is 0 Å². The molecule has 4 amide bonds. The summed E-state index contributed by atoms with van der Waals surface area (Å²) < 4.78 is 0. The van der Waals surface area contributed by atoms with Gasteiger partial charge in [-0.2, -0.15) is 0 Å². The van der Waals surface area contributed by atoms with Gasteiger partial charge in [0.1, 0.15) is 12.1 Å². The van der Waals surface area contributed by atoms with Crippen molar-refractivity contribution >= 4 is 23.6 Å². The maximum Gasteiger partial charge on any atom is 0.251 e. The molecule has 45 heavy (non-hydrogen) atoms. The molecule has 0 radical (unpaired) electrons. The molecule has 9 nitrogen and oxygen atoms in total. The minimum atomic E-state index is -0.881. The van der Waals surface area contributed by atoms with E-state index in [1.54, 1.807) is 36.2 Å². The Labute approximate surface area is 265 Å². The molecule has 0 aliphatic carbocycles. The summed E-state index contributed by atoms with van der Waals surface area (Å²) >= 11 is 0. The molecule has 2 aliphatic heterocycles. The Morgan fingerprint density at radius 1 is 0.822 bits per heavy atom. The molecule has 5 atom stereocenters. The minimum absolute atomic E-state index is 0.124. The summed E-state index contributed by atoms with van der Waals surface area (Å²) in [6.45, 7) is 2.13. The Kier molecular flexibility index (Phi) is 10.6. The second-order valence-corrected chi connectivity index (χ2v) is 11.9. The maximum absolute atomic E-state index is 14.4. The number of amides is 4. The van der Waals surface area contributed by atoms with E-state index in [0.717, 1.165) is 11.1 Å². The largest absolute Gasteiger partial charge is 0.352 e. The van der Waals surface area contributed by atoms with Crippen LogP contribution in [-0.2, 0) is 14.4 Å². The highest BCUT2D eigenvalue weighted by Gasteiger charge is 2.48. The quantitative estimate of drug-likeness (QED) is 0.265. The van der Waals surface area contributed by atoms with E-state index >= 15 is 0 Å². The van der Waals surface area contributed by atoms with Crippen molar-refractivity contribution in [2.75, 3.05) is 13.6 Å². The van der Waals surface area contributed by atoms with E-state index in [1.165, 1.54) is 0 Å². The molecule has 5 rings (SSSR count). The van der Waals surface area contributed by atoms with Gasteiger partial charge in [-0.15, -0.1) is 0 Å². The van der Waals surface area contributed by atoms with Crippen molar-refractivity contribution in [2.24, 2.45) is 5.92 Å². The normalized spacial score (nSPS) is 21.8. The Morgan fingerprint density at radius 3 is 1.98 bits per heavy atom. The highest BCUT2D eigenvalue weighted by atomic mass is 16.2. The molecule has 5 unspecified atom stereocenters. The predicted octanol–water partition coefficient (Wildman–Crippen LogP) is 3.57. The zero-order valence-electron chi connectivity index (χ0n) is 25.9. The molecule has 4 N–H and O–H groups in total. The van der Waals surface area contributed by atoms with E-state index in [4.69, 9.17) is 0 Å². The summed E-state index contributed by atoms with van der Waals surface area (Å²) in [5.41, 5.74) is 2.43. The van der Waals surface area contributed by atoms with E-state index in [9.17, 15) is 19.2 Å². The van der Waals surface area contributed by atoms with Gasteiger partial charge in [0, 0.05) is 24.1 Å². The molecule has 9 heteroatoms. The monoisotopic (exact) mass is 609 g/mol. The highest BCUT2D eigenvalue weighted by Crippen LogP contribution is 2.35. The van der Waals surface area contributed by atoms with Crippen molar-refractivity contribution in [3.05, 3.63) is 108 Å². The van der Waals surface area contributed by atoms with Gasteiger partial charge in [0.15, 0.2) is 0 Å². The van der Waals surface area contributed by atoms with Crippen molar-refractivity contribution in [3.63, 3.8) is 0 Å². The van der Waals surface area contributed by atoms with Crippen LogP contribution < -0.4 is 21.3 Å². The Hall–Kier alpha value is -4.50. The van der Waals surface area contributed by atoms with Crippen LogP contribution in [0.5, 0.6) is 0 Å². The summed E-state index contributed by atoms with van der Waals surface area (Å²) in [5, 5.41) is 12.3. The van der Waals surface area contributed by atoms with Crippen molar-refractivity contribution in [1.82, 2.24) is 26.2 Å². The molecule has 2 fully saturated rings. The van der Waals surface area contributed by atoms with E-state index < -0.39 is 18.1 Å². The molecular formula is C36H43N5O4. The van der Waals surface area contributed by atoms with Gasteiger partial charge in [0.25, 0.3) is 5.91 Å². The lowest BCUT2D eigenvalue weighted by Gasteiger charge is -2.33. The third-order valence-corrected chi connectivity index (χ3v) is 9.15. The standard InChI is InChI=1S/C36H43N5O4/c1-3-29(37-2)34(43)40-32-27(23-38-33(42)26-17-11-6-12-18-26)19-20-28-21-22-30(41(28)36(32)45)35(44)39-31(24-13-7-4-8-14-24)25-15-9-5-10-16-25/h4-18,27-32,37H,3,19-23H2,1-2H3,(H,38,42)(H,39,44)(H,40,43). The number of hydrogen-bond donors (Lipinski definition) is 4. The van der Waals surface area contributed by atoms with Gasteiger partial charge in [0.05, 0.1) is 12.1 Å². The summed E-state index contributed by atoms with van der Waals surface area (Å²) in [7, 11) is 1.72. The van der Waals surface area contributed by atoms with E-state index in [2.05, 4.69) is 21.3 Å². The van der Waals surface area contributed by atoms with Gasteiger partial charge in [-0.25, -0.2) is 0 Å². The molecule has 0 saturated carbocycles. The maximum atomic E-state index is 14.4. The van der Waals surface area contributed by atoms with Crippen LogP contribution in [0.2, 0.25) is 0 Å². The van der Waals surface area contributed by atoms with Gasteiger partial charge in [0.2, 0.25) is 17.7 Å². The SMILES string of the molecule is CCC(NC)C(=O)NC1C(=O)N2C(CCC1CNC(=O)c1ccccc1)CCC2C(=O)NC(c1ccccc1)c1ccccc1. The van der Waals surface area contributed by atoms with Crippen molar-refractivity contribution in [2.45, 2.75) is 69.2 Å². The second kappa shape index (κ2) is 15.0. The lowest BCUT2D eigenvalue weighted by Crippen LogP contribution is -2.59. The van der Waals surface area contributed by atoms with Gasteiger partial charge in [-0.3, -0.25) is 19.2 Å². The molecule has 3 aromatic rings. The van der Waals surface area contributed by atoms with Crippen LogP contribution in [0.25, 0.3) is 0 Å². The smallest absolute Gasteiger partial charge is 0.251 e. The van der Waals surface area contributed by atoms with Crippen molar-refractivity contribution < 1.29 is 19.2 Å². The Balaban J connectivity index is 1.38. The average molecular weight is 610 g/mol. The van der Waals surface area contributed by atoms with Crippen LogP contribution in [-0.4, -0.2) is 66.3 Å². The first-order valence-corrected chi connectivity index (χ1v) is 15.9. The lowest BCUT2D eigenvalue weighted by atomic mass is 9.92. The summed E-state index contributed by atoms with van der Waals surface area (Å²) in [6.07, 6.45) is 3.09. The molecule has 0 spiro atoms. The Morgan fingerprint density at radius 2 is 1.40 bits per heavy atom. The predicted molar refractivity (Wildman–Crippen MR) is 173 cm³/mol.